The molecule has 4 aromatic carbocycles. The van der Waals surface area contributed by atoms with Crippen LogP contribution in [0.2, 0.25) is 0 Å². The molecular formula is C45H58N2O6. The highest BCUT2D eigenvalue weighted by atomic mass is 16.5. The zero-order chi connectivity index (χ0) is 38.8. The molecule has 0 fully saturated rings. The lowest BCUT2D eigenvalue weighted by Crippen LogP contribution is -2.37. The lowest BCUT2D eigenvalue weighted by molar-refractivity contribution is -0.145. The van der Waals surface area contributed by atoms with Crippen LogP contribution in [0.5, 0.6) is 11.5 Å². The maximum atomic E-state index is 12.8. The second-order valence-electron chi connectivity index (χ2n) is 16.8. The molecular weight excluding hydrogens is 665 g/mol. The predicted octanol–water partition coefficient (Wildman–Crippen LogP) is 8.17. The Balaban J connectivity index is 1.37. The molecule has 0 saturated heterocycles. The molecule has 0 radical (unpaired) electrons. The van der Waals surface area contributed by atoms with E-state index in [9.17, 15) is 19.8 Å². The van der Waals surface area contributed by atoms with E-state index in [1.807, 2.05) is 84.9 Å². The van der Waals surface area contributed by atoms with Gasteiger partial charge in [-0.2, -0.15) is 0 Å². The molecule has 0 aliphatic rings. The van der Waals surface area contributed by atoms with Crippen LogP contribution in [0.15, 0.2) is 84.9 Å². The molecule has 0 aliphatic carbocycles. The number of hydrogen-bond donors (Lipinski definition) is 4. The third-order valence-electron chi connectivity index (χ3n) is 9.26. The molecule has 8 nitrogen and oxygen atoms in total. The van der Waals surface area contributed by atoms with Crippen LogP contribution in [0.1, 0.15) is 99.9 Å². The molecule has 0 amide bonds. The number of nitrogens with one attached hydrogen (secondary N) is 2. The molecule has 0 spiro atoms. The number of ether oxygens (including phenoxy) is 2. The molecule has 284 valence electrons. The Labute approximate surface area is 316 Å². The first kappa shape index (κ1) is 41.1. The van der Waals surface area contributed by atoms with Crippen LogP contribution in [-0.4, -0.2) is 35.2 Å². The van der Waals surface area contributed by atoms with Gasteiger partial charge in [0.05, 0.1) is 12.8 Å². The third-order valence-corrected chi connectivity index (χ3v) is 9.26. The highest BCUT2D eigenvalue weighted by Crippen LogP contribution is 2.33. The smallest absolute Gasteiger partial charge is 0.310 e. The molecule has 0 heterocycles. The Morgan fingerprint density at radius 2 is 0.887 bits per heavy atom. The Morgan fingerprint density at radius 1 is 0.547 bits per heavy atom. The van der Waals surface area contributed by atoms with E-state index in [-0.39, 0.29) is 53.8 Å². The molecule has 8 heteroatoms. The number of rotatable bonds is 16. The fourth-order valence-corrected chi connectivity index (χ4v) is 5.95. The van der Waals surface area contributed by atoms with Gasteiger partial charge in [0, 0.05) is 48.4 Å². The normalized spacial score (nSPS) is 12.1. The van der Waals surface area contributed by atoms with Crippen molar-refractivity contribution in [1.29, 1.82) is 0 Å². The standard InChI is InChI=1S/C45H58N2O6/c1-43(2,3)37-19-33(23-39(48)52-27-31-15-11-9-12-16-31)41(50)35(21-37)25-46-29-45(7,8)30-47-26-36-22-38(44(4,5)6)20-34(42(36)51)24-40(49)53-28-32-17-13-10-14-18-32/h9-22,46-47,50-51H,23-30H2,1-8H3. The van der Waals surface area contributed by atoms with E-state index in [1.54, 1.807) is 0 Å². The molecule has 0 unspecified atom stereocenters. The van der Waals surface area contributed by atoms with Crippen molar-refractivity contribution in [2.24, 2.45) is 5.41 Å². The van der Waals surface area contributed by atoms with Gasteiger partial charge in [0.15, 0.2) is 0 Å². The van der Waals surface area contributed by atoms with Gasteiger partial charge in [-0.1, -0.05) is 140 Å². The van der Waals surface area contributed by atoms with Gasteiger partial charge in [0.2, 0.25) is 0 Å². The van der Waals surface area contributed by atoms with Gasteiger partial charge in [-0.05, 0) is 38.5 Å². The summed E-state index contributed by atoms with van der Waals surface area (Å²) in [5.74, 6) is -0.579. The first-order chi connectivity index (χ1) is 24.9. The minimum atomic E-state index is -0.393. The fraction of sp³-hybridized carbons (Fsp3) is 0.422. The van der Waals surface area contributed by atoms with Crippen LogP contribution >= 0.6 is 0 Å². The van der Waals surface area contributed by atoms with Gasteiger partial charge in [-0.15, -0.1) is 0 Å². The molecule has 4 N–H and O–H groups in total. The molecule has 0 aliphatic heterocycles. The first-order valence-electron chi connectivity index (χ1n) is 18.4. The summed E-state index contributed by atoms with van der Waals surface area (Å²) in [7, 11) is 0. The van der Waals surface area contributed by atoms with E-state index in [2.05, 4.69) is 66.0 Å². The van der Waals surface area contributed by atoms with Gasteiger partial charge < -0.3 is 30.3 Å². The van der Waals surface area contributed by atoms with Crippen LogP contribution in [-0.2, 0) is 69.0 Å². The maximum absolute atomic E-state index is 12.8. The van der Waals surface area contributed by atoms with Gasteiger partial charge in [0.25, 0.3) is 0 Å². The predicted molar refractivity (Wildman–Crippen MR) is 211 cm³/mol. The van der Waals surface area contributed by atoms with Crippen molar-refractivity contribution in [3.8, 4) is 11.5 Å². The van der Waals surface area contributed by atoms with Crippen LogP contribution in [0.3, 0.4) is 0 Å². The second-order valence-corrected chi connectivity index (χ2v) is 16.8. The summed E-state index contributed by atoms with van der Waals surface area (Å²) >= 11 is 0. The molecule has 0 saturated carbocycles. The monoisotopic (exact) mass is 722 g/mol. The van der Waals surface area contributed by atoms with E-state index in [0.717, 1.165) is 33.4 Å². The van der Waals surface area contributed by atoms with Crippen LogP contribution in [0.4, 0.5) is 0 Å². The van der Waals surface area contributed by atoms with E-state index in [1.165, 1.54) is 0 Å². The number of phenols is 2. The number of carbonyl (C=O) groups is 2. The number of aromatic hydroxyl groups is 2. The molecule has 0 aromatic heterocycles. The topological polar surface area (TPSA) is 117 Å². The molecule has 4 aromatic rings. The molecule has 0 bridgehead atoms. The lowest BCUT2D eigenvalue weighted by Gasteiger charge is -2.27. The summed E-state index contributed by atoms with van der Waals surface area (Å²) in [6.45, 7) is 19.4. The minimum Gasteiger partial charge on any atom is -0.507 e. The lowest BCUT2D eigenvalue weighted by atomic mass is 9.84. The first-order valence-corrected chi connectivity index (χ1v) is 18.4. The molecule has 4 rings (SSSR count). The van der Waals surface area contributed by atoms with E-state index in [4.69, 9.17) is 9.47 Å². The Kier molecular flexibility index (Phi) is 13.9. The summed E-state index contributed by atoms with van der Waals surface area (Å²) in [6.07, 6.45) is -0.0459. The van der Waals surface area contributed by atoms with Crippen molar-refractivity contribution >= 4 is 11.9 Å². The number of phenolic OH excluding ortho intramolecular Hbond substituents is 2. The van der Waals surface area contributed by atoms with Gasteiger partial charge >= 0.3 is 11.9 Å². The van der Waals surface area contributed by atoms with Crippen molar-refractivity contribution in [3.63, 3.8) is 0 Å². The summed E-state index contributed by atoms with van der Waals surface area (Å²) in [5, 5.41) is 29.6. The third kappa shape index (κ3) is 12.8. The van der Waals surface area contributed by atoms with Crippen LogP contribution in [0.25, 0.3) is 0 Å². The van der Waals surface area contributed by atoms with E-state index >= 15 is 0 Å². The van der Waals surface area contributed by atoms with Crippen LogP contribution < -0.4 is 10.6 Å². The summed E-state index contributed by atoms with van der Waals surface area (Å²) in [6, 6.07) is 26.9. The Bertz CT molecular complexity index is 1690. The summed E-state index contributed by atoms with van der Waals surface area (Å²) < 4.78 is 11.0. The summed E-state index contributed by atoms with van der Waals surface area (Å²) in [4.78, 5) is 25.6. The van der Waals surface area contributed by atoms with Crippen molar-refractivity contribution in [1.82, 2.24) is 10.6 Å². The Morgan fingerprint density at radius 3 is 1.23 bits per heavy atom. The number of carbonyl (C=O) groups excluding carboxylic acids is 2. The summed E-state index contributed by atoms with van der Waals surface area (Å²) in [5.41, 5.74) is 5.86. The quantitative estimate of drug-likeness (QED) is 0.0857. The number of esters is 2. The second kappa shape index (κ2) is 17.9. The zero-order valence-corrected chi connectivity index (χ0v) is 32.8. The van der Waals surface area contributed by atoms with Gasteiger partial charge in [-0.25, -0.2) is 0 Å². The highest BCUT2D eigenvalue weighted by molar-refractivity contribution is 5.75. The average Bonchev–Trinajstić information content (AvgIpc) is 3.09. The van der Waals surface area contributed by atoms with Crippen molar-refractivity contribution < 1.29 is 29.3 Å². The number of benzene rings is 4. The zero-order valence-electron chi connectivity index (χ0n) is 32.8. The minimum absolute atomic E-state index is 0.0230. The highest BCUT2D eigenvalue weighted by Gasteiger charge is 2.24. The SMILES string of the molecule is CC(C)(CNCc1cc(C(C)(C)C)cc(CC(=O)OCc2ccccc2)c1O)CNCc1cc(C(C)(C)C)cc(CC(=O)OCc2ccccc2)c1O. The largest absolute Gasteiger partial charge is 0.507 e. The van der Waals surface area contributed by atoms with Gasteiger partial charge in [0.1, 0.15) is 24.7 Å². The van der Waals surface area contributed by atoms with Gasteiger partial charge in [-0.3, -0.25) is 9.59 Å². The van der Waals surface area contributed by atoms with Crippen LogP contribution in [0, 0.1) is 5.41 Å². The van der Waals surface area contributed by atoms with Crippen molar-refractivity contribution in [2.45, 2.75) is 105 Å². The fourth-order valence-electron chi connectivity index (χ4n) is 5.95. The maximum Gasteiger partial charge on any atom is 0.310 e. The van der Waals surface area contributed by atoms with Crippen molar-refractivity contribution in [2.75, 3.05) is 13.1 Å². The van der Waals surface area contributed by atoms with E-state index in [0.29, 0.717) is 37.3 Å². The molecule has 0 atom stereocenters. The van der Waals surface area contributed by atoms with Crippen molar-refractivity contribution in [3.05, 3.63) is 129 Å². The molecule has 53 heavy (non-hydrogen) atoms. The number of hydrogen-bond acceptors (Lipinski definition) is 8. The average molecular weight is 723 g/mol. The van der Waals surface area contributed by atoms with E-state index < -0.39 is 11.9 Å². The Hall–Kier alpha value is -4.66.